The highest BCUT2D eigenvalue weighted by atomic mass is 16.5. The lowest BCUT2D eigenvalue weighted by Gasteiger charge is -2.13. The van der Waals surface area contributed by atoms with Crippen LogP contribution in [0.25, 0.3) is 33.7 Å². The lowest BCUT2D eigenvalue weighted by molar-refractivity contribution is -0.146. The van der Waals surface area contributed by atoms with Crippen molar-refractivity contribution >= 4 is 17.1 Å². The number of rotatable bonds is 7. The number of ether oxygens (including phenoxy) is 1. The van der Waals surface area contributed by atoms with E-state index in [1.807, 2.05) is 31.2 Å². The van der Waals surface area contributed by atoms with Gasteiger partial charge in [0.1, 0.15) is 11.6 Å². The van der Waals surface area contributed by atoms with Crippen molar-refractivity contribution in [2.24, 2.45) is 0 Å². The summed E-state index contributed by atoms with van der Waals surface area (Å²) in [6.07, 6.45) is -1.46. The van der Waals surface area contributed by atoms with Gasteiger partial charge in [-0.2, -0.15) is 0 Å². The number of benzene rings is 2. The van der Waals surface area contributed by atoms with E-state index in [2.05, 4.69) is 25.4 Å². The molecule has 0 saturated heterocycles. The molecule has 0 amide bonds. The zero-order valence-electron chi connectivity index (χ0n) is 16.5. The number of H-pyrrole nitrogens is 2. The topological polar surface area (TPSA) is 154 Å². The van der Waals surface area contributed by atoms with Gasteiger partial charge in [-0.05, 0) is 35.7 Å². The van der Waals surface area contributed by atoms with Crippen molar-refractivity contribution in [2.75, 3.05) is 6.61 Å². The number of hydrogen-bond acceptors (Lipinski definition) is 7. The molecule has 0 unspecified atom stereocenters. The standard InChI is InChI=1S/C21H19N5O5/c1-2-31-16-10-13(12-5-3-4-11(8-12)9-15(27)21(29)30)6-7-14(16)18-22-19-17(20(28)23-18)24-26-25-19/h3-8,10,15,27H,2,9H2,1H3,(H,29,30)(H2,22,23,24,25,26,28)/t15-/m1/s1. The fraction of sp³-hybridized carbons (Fsp3) is 0.190. The number of carbonyl (C=O) groups is 1. The minimum atomic E-state index is -1.47. The van der Waals surface area contributed by atoms with Gasteiger partial charge in [-0.1, -0.05) is 35.5 Å². The fourth-order valence-electron chi connectivity index (χ4n) is 3.25. The molecule has 2 heterocycles. The molecule has 0 radical (unpaired) electrons. The summed E-state index contributed by atoms with van der Waals surface area (Å²) in [5.74, 6) is -0.429. The Morgan fingerprint density at radius 3 is 2.77 bits per heavy atom. The van der Waals surface area contributed by atoms with E-state index in [9.17, 15) is 14.7 Å². The molecule has 0 aliphatic carbocycles. The van der Waals surface area contributed by atoms with E-state index in [4.69, 9.17) is 9.84 Å². The molecule has 0 fully saturated rings. The Kier molecular flexibility index (Phi) is 5.46. The van der Waals surface area contributed by atoms with Crippen molar-refractivity contribution in [3.05, 3.63) is 58.4 Å². The van der Waals surface area contributed by atoms with Crippen LogP contribution in [-0.2, 0) is 11.2 Å². The van der Waals surface area contributed by atoms with Gasteiger partial charge in [0.15, 0.2) is 17.3 Å². The quantitative estimate of drug-likeness (QED) is 0.352. The van der Waals surface area contributed by atoms with Gasteiger partial charge < -0.3 is 19.9 Å². The molecule has 1 atom stereocenters. The molecule has 31 heavy (non-hydrogen) atoms. The van der Waals surface area contributed by atoms with Crippen molar-refractivity contribution in [2.45, 2.75) is 19.4 Å². The third-order valence-electron chi connectivity index (χ3n) is 4.71. The van der Waals surface area contributed by atoms with Crippen LogP contribution in [-0.4, -0.2) is 54.3 Å². The second kappa shape index (κ2) is 8.36. The average molecular weight is 421 g/mol. The highest BCUT2D eigenvalue weighted by Gasteiger charge is 2.16. The van der Waals surface area contributed by atoms with E-state index in [-0.39, 0.29) is 17.6 Å². The number of aromatic amines is 2. The second-order valence-corrected chi connectivity index (χ2v) is 6.83. The molecule has 4 rings (SSSR count). The van der Waals surface area contributed by atoms with Gasteiger partial charge in [0, 0.05) is 6.42 Å². The van der Waals surface area contributed by atoms with Crippen LogP contribution in [0.1, 0.15) is 12.5 Å². The molecule has 0 aliphatic heterocycles. The van der Waals surface area contributed by atoms with Crippen molar-refractivity contribution in [1.82, 2.24) is 25.4 Å². The van der Waals surface area contributed by atoms with Crippen LogP contribution >= 0.6 is 0 Å². The first kappa shape index (κ1) is 20.2. The number of aliphatic carboxylic acids is 1. The third-order valence-corrected chi connectivity index (χ3v) is 4.71. The van der Waals surface area contributed by atoms with Gasteiger partial charge in [0.25, 0.3) is 5.56 Å². The summed E-state index contributed by atoms with van der Waals surface area (Å²) in [4.78, 5) is 30.2. The summed E-state index contributed by atoms with van der Waals surface area (Å²) >= 11 is 0. The van der Waals surface area contributed by atoms with E-state index in [0.29, 0.717) is 29.3 Å². The molecule has 2 aromatic carbocycles. The molecule has 10 nitrogen and oxygen atoms in total. The van der Waals surface area contributed by atoms with Crippen molar-refractivity contribution < 1.29 is 19.7 Å². The van der Waals surface area contributed by atoms with Crippen molar-refractivity contribution in [3.63, 3.8) is 0 Å². The van der Waals surface area contributed by atoms with Gasteiger partial charge in [0.05, 0.1) is 12.2 Å². The van der Waals surface area contributed by atoms with Gasteiger partial charge in [-0.25, -0.2) is 14.9 Å². The largest absolute Gasteiger partial charge is 0.493 e. The first-order valence-corrected chi connectivity index (χ1v) is 9.54. The lowest BCUT2D eigenvalue weighted by atomic mass is 9.98. The number of carboxylic acid groups (broad SMARTS) is 1. The Hall–Kier alpha value is -4.05. The highest BCUT2D eigenvalue weighted by Crippen LogP contribution is 2.33. The molecule has 4 N–H and O–H groups in total. The SMILES string of the molecule is CCOc1cc(-c2cccc(C[C@@H](O)C(=O)O)c2)ccc1-c1nc2[nH]nnc2c(=O)[nH]1. The van der Waals surface area contributed by atoms with Gasteiger partial charge in [-0.3, -0.25) is 4.79 Å². The minimum Gasteiger partial charge on any atom is -0.493 e. The summed E-state index contributed by atoms with van der Waals surface area (Å²) < 4.78 is 5.79. The maximum Gasteiger partial charge on any atom is 0.332 e. The zero-order chi connectivity index (χ0) is 22.0. The van der Waals surface area contributed by atoms with Crippen LogP contribution < -0.4 is 10.3 Å². The summed E-state index contributed by atoms with van der Waals surface area (Å²) in [6, 6.07) is 12.7. The molecular formula is C21H19N5O5. The third kappa shape index (κ3) is 4.14. The molecule has 0 saturated carbocycles. The van der Waals surface area contributed by atoms with Crippen LogP contribution in [0.2, 0.25) is 0 Å². The average Bonchev–Trinajstić information content (AvgIpc) is 3.23. The van der Waals surface area contributed by atoms with E-state index >= 15 is 0 Å². The number of aliphatic hydroxyl groups is 1. The maximum absolute atomic E-state index is 12.2. The number of nitrogens with one attached hydrogen (secondary N) is 2. The maximum atomic E-state index is 12.2. The predicted octanol–water partition coefficient (Wildman–Crippen LogP) is 1.76. The number of carboxylic acids is 1. The zero-order valence-corrected chi connectivity index (χ0v) is 16.5. The number of fused-ring (bicyclic) bond motifs is 1. The molecule has 0 spiro atoms. The first-order valence-electron chi connectivity index (χ1n) is 9.54. The minimum absolute atomic E-state index is 0.00294. The van der Waals surface area contributed by atoms with Crippen LogP contribution in [0.15, 0.2) is 47.3 Å². The lowest BCUT2D eigenvalue weighted by Crippen LogP contribution is -2.21. The number of hydrogen-bond donors (Lipinski definition) is 4. The molecule has 0 aliphatic rings. The Balaban J connectivity index is 1.74. The van der Waals surface area contributed by atoms with Gasteiger partial charge >= 0.3 is 5.97 Å². The predicted molar refractivity (Wildman–Crippen MR) is 112 cm³/mol. The van der Waals surface area contributed by atoms with E-state index < -0.39 is 17.6 Å². The van der Waals surface area contributed by atoms with Crippen molar-refractivity contribution in [1.29, 1.82) is 0 Å². The number of aromatic nitrogens is 5. The Morgan fingerprint density at radius 1 is 1.19 bits per heavy atom. The monoisotopic (exact) mass is 421 g/mol. The van der Waals surface area contributed by atoms with Gasteiger partial charge in [-0.15, -0.1) is 5.10 Å². The fourth-order valence-corrected chi connectivity index (χ4v) is 3.25. The molecule has 4 aromatic rings. The molecule has 10 heteroatoms. The normalized spacial score (nSPS) is 12.1. The van der Waals surface area contributed by atoms with Crippen LogP contribution in [0.3, 0.4) is 0 Å². The summed E-state index contributed by atoms with van der Waals surface area (Å²) in [5.41, 5.74) is 2.93. The first-order chi connectivity index (χ1) is 15.0. The Labute approximate surface area is 175 Å². The van der Waals surface area contributed by atoms with E-state index in [1.54, 1.807) is 18.2 Å². The number of nitrogens with zero attached hydrogens (tertiary/aromatic N) is 3. The molecule has 158 valence electrons. The summed E-state index contributed by atoms with van der Waals surface area (Å²) in [5, 5.41) is 28.5. The second-order valence-electron chi connectivity index (χ2n) is 6.83. The molecule has 0 bridgehead atoms. The summed E-state index contributed by atoms with van der Waals surface area (Å²) in [6.45, 7) is 2.25. The highest BCUT2D eigenvalue weighted by molar-refractivity contribution is 5.77. The van der Waals surface area contributed by atoms with Crippen LogP contribution in [0, 0.1) is 0 Å². The van der Waals surface area contributed by atoms with Crippen LogP contribution in [0.4, 0.5) is 0 Å². The van der Waals surface area contributed by atoms with E-state index in [0.717, 1.165) is 11.1 Å². The molecular weight excluding hydrogens is 402 g/mol. The van der Waals surface area contributed by atoms with Gasteiger partial charge in [0.2, 0.25) is 0 Å². The smallest absolute Gasteiger partial charge is 0.332 e. The van der Waals surface area contributed by atoms with Crippen molar-refractivity contribution in [3.8, 4) is 28.3 Å². The summed E-state index contributed by atoms with van der Waals surface area (Å²) in [7, 11) is 0. The van der Waals surface area contributed by atoms with Crippen LogP contribution in [0.5, 0.6) is 5.75 Å². The Morgan fingerprint density at radius 2 is 2.00 bits per heavy atom. The number of aliphatic hydroxyl groups excluding tert-OH is 1. The molecule has 2 aromatic heterocycles. The Bertz CT molecular complexity index is 1310. The van der Waals surface area contributed by atoms with E-state index in [1.165, 1.54) is 0 Å².